The molecular weight excluding hydrogens is 242 g/mol. The lowest BCUT2D eigenvalue weighted by atomic mass is 9.80. The summed E-state index contributed by atoms with van der Waals surface area (Å²) in [6.07, 6.45) is 8.04. The van der Waals surface area contributed by atoms with Gasteiger partial charge in [0.2, 0.25) is 0 Å². The van der Waals surface area contributed by atoms with E-state index in [0.717, 1.165) is 6.42 Å². The van der Waals surface area contributed by atoms with Crippen molar-refractivity contribution in [2.24, 2.45) is 11.8 Å². The lowest BCUT2D eigenvalue weighted by Crippen LogP contribution is -2.44. The van der Waals surface area contributed by atoms with E-state index < -0.39 is 0 Å². The minimum Gasteiger partial charge on any atom is -0.337 e. The van der Waals surface area contributed by atoms with Crippen LogP contribution in [0, 0.1) is 18.8 Å². The zero-order valence-electron chi connectivity index (χ0n) is 12.6. The molecule has 1 heterocycles. The second-order valence-corrected chi connectivity index (χ2v) is 6.21. The number of aryl methyl sites for hydroxylation is 1. The maximum atomic E-state index is 4.26. The molecule has 1 fully saturated rings. The van der Waals surface area contributed by atoms with Crippen molar-refractivity contribution in [3.8, 4) is 0 Å². The van der Waals surface area contributed by atoms with Gasteiger partial charge in [0.05, 0.1) is 6.04 Å². The fraction of sp³-hybridized carbons (Fsp3) is 0.368. The Labute approximate surface area is 122 Å². The zero-order chi connectivity index (χ0) is 14.3. The van der Waals surface area contributed by atoms with Crippen LogP contribution in [0.5, 0.6) is 0 Å². The van der Waals surface area contributed by atoms with Gasteiger partial charge < -0.3 is 4.90 Å². The van der Waals surface area contributed by atoms with Crippen LogP contribution in [-0.2, 0) is 0 Å². The standard InChI is InChI=1S/C19H23N/c1-13-5-9-17(10-6-13)19-15(3)16(4)20(19)18-11-7-14(2)8-12-18/h5-7,9-12,14-15,19H,4,8H2,1-3H3. The second kappa shape index (κ2) is 4.97. The third kappa shape index (κ3) is 2.11. The molecule has 1 aromatic rings. The summed E-state index contributed by atoms with van der Waals surface area (Å²) >= 11 is 0. The predicted molar refractivity (Wildman–Crippen MR) is 85.1 cm³/mol. The first-order valence-electron chi connectivity index (χ1n) is 7.51. The number of rotatable bonds is 2. The number of nitrogens with zero attached hydrogens (tertiary/aromatic N) is 1. The lowest BCUT2D eigenvalue weighted by Gasteiger charge is -2.51. The highest BCUT2D eigenvalue weighted by Gasteiger charge is 2.41. The summed E-state index contributed by atoms with van der Waals surface area (Å²) in [7, 11) is 0. The van der Waals surface area contributed by atoms with Crippen molar-refractivity contribution in [1.29, 1.82) is 0 Å². The molecule has 0 saturated carbocycles. The minimum atomic E-state index is 0.437. The van der Waals surface area contributed by atoms with Crippen LogP contribution in [0.25, 0.3) is 0 Å². The Hall–Kier alpha value is -1.76. The molecule has 0 spiro atoms. The second-order valence-electron chi connectivity index (χ2n) is 6.21. The molecule has 1 saturated heterocycles. The van der Waals surface area contributed by atoms with E-state index in [4.69, 9.17) is 0 Å². The number of benzene rings is 1. The number of hydrogen-bond donors (Lipinski definition) is 0. The van der Waals surface area contributed by atoms with Gasteiger partial charge in [0, 0.05) is 17.3 Å². The van der Waals surface area contributed by atoms with Gasteiger partial charge in [0.25, 0.3) is 0 Å². The van der Waals surface area contributed by atoms with Crippen molar-refractivity contribution in [2.75, 3.05) is 0 Å². The third-order valence-corrected chi connectivity index (χ3v) is 4.58. The van der Waals surface area contributed by atoms with Crippen molar-refractivity contribution in [3.05, 3.63) is 71.6 Å². The monoisotopic (exact) mass is 265 g/mol. The molecule has 1 aromatic carbocycles. The first-order valence-corrected chi connectivity index (χ1v) is 7.51. The van der Waals surface area contributed by atoms with Gasteiger partial charge in [-0.05, 0) is 30.9 Å². The summed E-state index contributed by atoms with van der Waals surface area (Å²) in [5, 5.41) is 0. The van der Waals surface area contributed by atoms with E-state index in [0.29, 0.717) is 17.9 Å². The van der Waals surface area contributed by atoms with Crippen LogP contribution in [0.15, 0.2) is 60.5 Å². The van der Waals surface area contributed by atoms with E-state index in [-0.39, 0.29) is 0 Å². The molecule has 104 valence electrons. The van der Waals surface area contributed by atoms with Gasteiger partial charge in [-0.25, -0.2) is 0 Å². The molecule has 3 rings (SSSR count). The quantitative estimate of drug-likeness (QED) is 0.729. The first-order chi connectivity index (χ1) is 9.58. The molecule has 1 aliphatic carbocycles. The molecule has 1 nitrogen and oxygen atoms in total. The van der Waals surface area contributed by atoms with Crippen LogP contribution in [0.4, 0.5) is 0 Å². The van der Waals surface area contributed by atoms with Crippen molar-refractivity contribution in [3.63, 3.8) is 0 Å². The number of likely N-dealkylation sites (tertiary alicyclic amines) is 1. The van der Waals surface area contributed by atoms with Gasteiger partial charge in [-0.1, -0.05) is 62.4 Å². The maximum Gasteiger partial charge on any atom is 0.0668 e. The fourth-order valence-corrected chi connectivity index (χ4v) is 3.14. The van der Waals surface area contributed by atoms with Crippen molar-refractivity contribution >= 4 is 0 Å². The molecule has 0 aromatic heterocycles. The summed E-state index contributed by atoms with van der Waals surface area (Å²) in [6, 6.07) is 9.35. The van der Waals surface area contributed by atoms with Crippen LogP contribution >= 0.6 is 0 Å². The largest absolute Gasteiger partial charge is 0.337 e. The van der Waals surface area contributed by atoms with Gasteiger partial charge in [-0.15, -0.1) is 0 Å². The van der Waals surface area contributed by atoms with E-state index >= 15 is 0 Å². The first kappa shape index (κ1) is 13.2. The Morgan fingerprint density at radius 1 is 1.15 bits per heavy atom. The van der Waals surface area contributed by atoms with Crippen LogP contribution in [0.1, 0.15) is 37.4 Å². The van der Waals surface area contributed by atoms with E-state index in [1.165, 1.54) is 22.5 Å². The minimum absolute atomic E-state index is 0.437. The SMILES string of the molecule is C=C1C(C)C(c2ccc(C)cc2)N1C1=CCC(C)C=C1. The Bertz CT molecular complexity index is 576. The Balaban J connectivity index is 1.88. The molecule has 0 radical (unpaired) electrons. The van der Waals surface area contributed by atoms with Gasteiger partial charge >= 0.3 is 0 Å². The fourth-order valence-electron chi connectivity index (χ4n) is 3.14. The topological polar surface area (TPSA) is 3.24 Å². The molecule has 3 atom stereocenters. The molecule has 20 heavy (non-hydrogen) atoms. The maximum absolute atomic E-state index is 4.26. The van der Waals surface area contributed by atoms with Crippen molar-refractivity contribution in [2.45, 2.75) is 33.2 Å². The van der Waals surface area contributed by atoms with Crippen LogP contribution < -0.4 is 0 Å². The zero-order valence-corrected chi connectivity index (χ0v) is 12.6. The smallest absolute Gasteiger partial charge is 0.0668 e. The van der Waals surface area contributed by atoms with Gasteiger partial charge in [0.1, 0.15) is 0 Å². The summed E-state index contributed by atoms with van der Waals surface area (Å²) in [5.74, 6) is 1.18. The highest BCUT2D eigenvalue weighted by atomic mass is 15.2. The Morgan fingerprint density at radius 2 is 1.85 bits per heavy atom. The van der Waals surface area contributed by atoms with Crippen molar-refractivity contribution < 1.29 is 0 Å². The van der Waals surface area contributed by atoms with E-state index in [9.17, 15) is 0 Å². The van der Waals surface area contributed by atoms with E-state index in [2.05, 4.69) is 74.7 Å². The molecule has 0 bridgehead atoms. The molecule has 1 aliphatic heterocycles. The molecule has 2 aliphatic rings. The third-order valence-electron chi connectivity index (χ3n) is 4.58. The van der Waals surface area contributed by atoms with E-state index in [1.54, 1.807) is 0 Å². The Kier molecular flexibility index (Phi) is 3.29. The average molecular weight is 265 g/mol. The highest BCUT2D eigenvalue weighted by Crippen LogP contribution is 2.49. The number of allylic oxidation sites excluding steroid dienone is 3. The molecule has 0 N–H and O–H groups in total. The van der Waals surface area contributed by atoms with Crippen LogP contribution in [-0.4, -0.2) is 4.90 Å². The summed E-state index contributed by atoms with van der Waals surface area (Å²) in [6.45, 7) is 10.9. The van der Waals surface area contributed by atoms with Crippen molar-refractivity contribution in [1.82, 2.24) is 4.90 Å². The summed E-state index contributed by atoms with van der Waals surface area (Å²) < 4.78 is 0. The molecular formula is C19H23N. The molecule has 0 amide bonds. The molecule has 1 heteroatoms. The van der Waals surface area contributed by atoms with Gasteiger partial charge in [-0.3, -0.25) is 0 Å². The predicted octanol–water partition coefficient (Wildman–Crippen LogP) is 4.98. The highest BCUT2D eigenvalue weighted by molar-refractivity contribution is 5.38. The number of hydrogen-bond acceptors (Lipinski definition) is 1. The lowest BCUT2D eigenvalue weighted by molar-refractivity contribution is 0.139. The van der Waals surface area contributed by atoms with E-state index in [1.807, 2.05) is 0 Å². The normalized spacial score (nSPS) is 29.1. The summed E-state index contributed by atoms with van der Waals surface area (Å²) in [5.41, 5.74) is 5.26. The van der Waals surface area contributed by atoms with Crippen LogP contribution in [0.3, 0.4) is 0 Å². The average Bonchev–Trinajstić information content (AvgIpc) is 2.46. The van der Waals surface area contributed by atoms with Gasteiger partial charge in [0.15, 0.2) is 0 Å². The van der Waals surface area contributed by atoms with Crippen LogP contribution in [0.2, 0.25) is 0 Å². The van der Waals surface area contributed by atoms with Gasteiger partial charge in [-0.2, -0.15) is 0 Å². The molecule has 3 unspecified atom stereocenters. The summed E-state index contributed by atoms with van der Waals surface area (Å²) in [4.78, 5) is 2.40. The Morgan fingerprint density at radius 3 is 2.45 bits per heavy atom.